The highest BCUT2D eigenvalue weighted by atomic mass is 79.9. The van der Waals surface area contributed by atoms with Crippen molar-refractivity contribution in [2.75, 3.05) is 6.61 Å². The zero-order valence-corrected chi connectivity index (χ0v) is 24.8. The molecule has 1 saturated heterocycles. The van der Waals surface area contributed by atoms with E-state index in [2.05, 4.69) is 20.9 Å². The van der Waals surface area contributed by atoms with E-state index in [0.717, 1.165) is 10.6 Å². The summed E-state index contributed by atoms with van der Waals surface area (Å²) in [6, 6.07) is 7.14. The average Bonchev–Trinajstić information content (AvgIpc) is 3.48. The van der Waals surface area contributed by atoms with Gasteiger partial charge in [-0.05, 0) is 57.7 Å². The smallest absolute Gasteiger partial charge is 0.425 e. The number of ether oxygens (including phenoxy) is 1. The molecule has 3 heterocycles. The van der Waals surface area contributed by atoms with Crippen LogP contribution in [-0.4, -0.2) is 46.7 Å². The summed E-state index contributed by atoms with van der Waals surface area (Å²) in [6.07, 6.45) is 1.53. The van der Waals surface area contributed by atoms with Gasteiger partial charge in [-0.25, -0.2) is 19.3 Å². The third-order valence-corrected chi connectivity index (χ3v) is 8.61. The molecule has 1 aliphatic rings. The lowest BCUT2D eigenvalue weighted by Gasteiger charge is -2.22. The summed E-state index contributed by atoms with van der Waals surface area (Å²) >= 11 is 15.8. The molecule has 41 heavy (non-hydrogen) atoms. The van der Waals surface area contributed by atoms with Crippen LogP contribution in [0.25, 0.3) is 11.0 Å². The Morgan fingerprint density at radius 2 is 1.88 bits per heavy atom. The van der Waals surface area contributed by atoms with Gasteiger partial charge >= 0.3 is 16.3 Å². The number of aromatic nitrogens is 2. The molecular formula is C26H18BrCl2FN4O6S. The van der Waals surface area contributed by atoms with Crippen LogP contribution < -0.4 is 5.14 Å². The number of ketones is 1. The standard InChI is InChI=1S/C26H18BrCl2FN4O6S/c1-2-13-14(20-11-40-26(37)34(20)41(31,38)39)6-7-19(30)21(13)23(35)16-10-33(24-15(16)8-12(27)9-32-24)25(36)22-17(28)4-3-5-18(22)29/h3-10,20H,2,11H2,1H3,(H2,31,38,39). The van der Waals surface area contributed by atoms with E-state index in [9.17, 15) is 22.8 Å². The van der Waals surface area contributed by atoms with Gasteiger partial charge in [0.05, 0.1) is 26.7 Å². The van der Waals surface area contributed by atoms with Crippen molar-refractivity contribution in [3.05, 3.63) is 96.9 Å². The summed E-state index contributed by atoms with van der Waals surface area (Å²) in [5.74, 6) is -2.38. The van der Waals surface area contributed by atoms with Crippen LogP contribution in [0.2, 0.25) is 10.0 Å². The number of amides is 1. The molecule has 2 aromatic carbocycles. The zero-order valence-electron chi connectivity index (χ0n) is 20.9. The van der Waals surface area contributed by atoms with Gasteiger partial charge in [0.1, 0.15) is 24.1 Å². The van der Waals surface area contributed by atoms with Crippen LogP contribution in [-0.2, 0) is 21.4 Å². The Morgan fingerprint density at radius 3 is 2.51 bits per heavy atom. The molecule has 0 radical (unpaired) electrons. The van der Waals surface area contributed by atoms with Crippen molar-refractivity contribution < 1.29 is 31.9 Å². The minimum atomic E-state index is -4.54. The van der Waals surface area contributed by atoms with E-state index in [4.69, 9.17) is 33.1 Å². The highest BCUT2D eigenvalue weighted by Crippen LogP contribution is 2.36. The van der Waals surface area contributed by atoms with Crippen LogP contribution in [0.5, 0.6) is 0 Å². The Morgan fingerprint density at radius 1 is 1.20 bits per heavy atom. The fourth-order valence-corrected chi connectivity index (χ4v) is 6.54. The van der Waals surface area contributed by atoms with E-state index < -0.39 is 39.9 Å². The number of halogens is 4. The quantitative estimate of drug-likeness (QED) is 0.267. The van der Waals surface area contributed by atoms with Crippen LogP contribution in [0.1, 0.15) is 50.4 Å². The maximum absolute atomic E-state index is 15.5. The molecule has 0 saturated carbocycles. The fourth-order valence-electron chi connectivity index (χ4n) is 4.86. The first-order valence-electron chi connectivity index (χ1n) is 11.8. The molecule has 5 rings (SSSR count). The van der Waals surface area contributed by atoms with Crippen molar-refractivity contribution in [2.45, 2.75) is 19.4 Å². The van der Waals surface area contributed by atoms with Crippen LogP contribution in [0.3, 0.4) is 0 Å². The van der Waals surface area contributed by atoms with Gasteiger partial charge in [0.25, 0.3) is 5.91 Å². The Balaban J connectivity index is 1.71. The van der Waals surface area contributed by atoms with Gasteiger partial charge in [0.15, 0.2) is 5.78 Å². The van der Waals surface area contributed by atoms with Crippen molar-refractivity contribution in [3.63, 3.8) is 0 Å². The van der Waals surface area contributed by atoms with Gasteiger partial charge in [-0.2, -0.15) is 12.7 Å². The van der Waals surface area contributed by atoms with Crippen molar-refractivity contribution in [1.82, 2.24) is 13.9 Å². The number of carbonyl (C=O) groups is 3. The van der Waals surface area contributed by atoms with E-state index in [1.54, 1.807) is 19.1 Å². The number of hydrogen-bond donors (Lipinski definition) is 1. The summed E-state index contributed by atoms with van der Waals surface area (Å²) in [4.78, 5) is 44.1. The van der Waals surface area contributed by atoms with E-state index in [1.165, 1.54) is 30.6 Å². The van der Waals surface area contributed by atoms with Gasteiger partial charge in [0, 0.05) is 22.3 Å². The maximum atomic E-state index is 15.5. The van der Waals surface area contributed by atoms with Crippen LogP contribution in [0.4, 0.5) is 9.18 Å². The lowest BCUT2D eigenvalue weighted by Crippen LogP contribution is -2.39. The van der Waals surface area contributed by atoms with Crippen LogP contribution >= 0.6 is 39.1 Å². The molecule has 2 aromatic heterocycles. The molecule has 4 aromatic rings. The average molecular weight is 684 g/mol. The van der Waals surface area contributed by atoms with E-state index >= 15 is 4.39 Å². The molecule has 0 spiro atoms. The van der Waals surface area contributed by atoms with Gasteiger partial charge in [-0.15, -0.1) is 0 Å². The number of hydrogen-bond acceptors (Lipinski definition) is 7. The maximum Gasteiger partial charge on any atom is 0.425 e. The number of benzene rings is 2. The zero-order chi connectivity index (χ0) is 29.8. The molecule has 1 unspecified atom stereocenters. The van der Waals surface area contributed by atoms with Crippen molar-refractivity contribution >= 4 is 78.2 Å². The largest absolute Gasteiger partial charge is 0.446 e. The summed E-state index contributed by atoms with van der Waals surface area (Å²) in [5, 5.41) is 5.61. The molecule has 15 heteroatoms. The first kappa shape index (κ1) is 29.1. The van der Waals surface area contributed by atoms with Crippen LogP contribution in [0.15, 0.2) is 53.3 Å². The Hall–Kier alpha value is -3.36. The molecule has 0 aliphatic carbocycles. The Labute approximate surface area is 251 Å². The molecule has 1 fully saturated rings. The van der Waals surface area contributed by atoms with Gasteiger partial charge < -0.3 is 4.74 Å². The number of pyridine rings is 1. The summed E-state index contributed by atoms with van der Waals surface area (Å²) < 4.78 is 46.6. The predicted octanol–water partition coefficient (Wildman–Crippen LogP) is 5.42. The Kier molecular flexibility index (Phi) is 7.68. The molecule has 2 N–H and O–H groups in total. The molecule has 0 bridgehead atoms. The van der Waals surface area contributed by atoms with Gasteiger partial charge in [-0.1, -0.05) is 42.3 Å². The molecule has 212 valence electrons. The number of fused-ring (bicyclic) bond motifs is 1. The first-order chi connectivity index (χ1) is 19.3. The second-order valence-corrected chi connectivity index (χ2v) is 12.1. The van der Waals surface area contributed by atoms with Crippen molar-refractivity contribution in [2.24, 2.45) is 5.14 Å². The molecule has 1 amide bonds. The SMILES string of the molecule is CCc1c(C2COC(=O)N2S(N)(=O)=O)ccc(F)c1C(=O)c1cn(C(=O)c2c(Cl)cccc2Cl)c2ncc(Br)cc12. The monoisotopic (exact) mass is 682 g/mol. The summed E-state index contributed by atoms with van der Waals surface area (Å²) in [7, 11) is -4.54. The van der Waals surface area contributed by atoms with E-state index in [0.29, 0.717) is 8.78 Å². The minimum Gasteiger partial charge on any atom is -0.446 e. The molecule has 1 atom stereocenters. The topological polar surface area (TPSA) is 142 Å². The first-order valence-corrected chi connectivity index (χ1v) is 14.9. The minimum absolute atomic E-state index is 0.0205. The highest BCUT2D eigenvalue weighted by Gasteiger charge is 2.43. The predicted molar refractivity (Wildman–Crippen MR) is 152 cm³/mol. The van der Waals surface area contributed by atoms with E-state index in [-0.39, 0.29) is 61.9 Å². The molecular weight excluding hydrogens is 666 g/mol. The second kappa shape index (κ2) is 10.8. The van der Waals surface area contributed by atoms with E-state index in [1.807, 2.05) is 0 Å². The van der Waals surface area contributed by atoms with Crippen molar-refractivity contribution in [3.8, 4) is 0 Å². The van der Waals surface area contributed by atoms with Gasteiger partial charge in [0.2, 0.25) is 0 Å². The summed E-state index contributed by atoms with van der Waals surface area (Å²) in [6.45, 7) is 1.25. The molecule has 10 nitrogen and oxygen atoms in total. The second-order valence-electron chi connectivity index (χ2n) is 8.95. The molecule has 1 aliphatic heterocycles. The summed E-state index contributed by atoms with van der Waals surface area (Å²) in [5.41, 5.74) is -0.0790. The highest BCUT2D eigenvalue weighted by molar-refractivity contribution is 9.10. The third kappa shape index (κ3) is 5.01. The van der Waals surface area contributed by atoms with Crippen LogP contribution in [0, 0.1) is 5.82 Å². The number of carbonyl (C=O) groups excluding carboxylic acids is 3. The lowest BCUT2D eigenvalue weighted by atomic mass is 9.90. The van der Waals surface area contributed by atoms with Gasteiger partial charge in [-0.3, -0.25) is 14.2 Å². The lowest BCUT2D eigenvalue weighted by molar-refractivity contribution is 0.0964. The van der Waals surface area contributed by atoms with Crippen molar-refractivity contribution in [1.29, 1.82) is 0 Å². The third-order valence-electron chi connectivity index (χ3n) is 6.59. The fraction of sp³-hybridized carbons (Fsp3) is 0.154. The number of cyclic esters (lactones) is 1. The number of rotatable bonds is 6. The Bertz CT molecular complexity index is 1880. The normalized spacial score (nSPS) is 15.4. The number of nitrogens with zero attached hydrogens (tertiary/aromatic N) is 3. The number of nitrogens with two attached hydrogens (primary N) is 1.